The van der Waals surface area contributed by atoms with Crippen LogP contribution in [0.15, 0.2) is 24.3 Å². The number of aromatic nitrogens is 2. The van der Waals surface area contributed by atoms with Crippen molar-refractivity contribution in [1.29, 1.82) is 5.26 Å². The maximum Gasteiger partial charge on any atom is 0.157 e. The fourth-order valence-electron chi connectivity index (χ4n) is 4.74. The van der Waals surface area contributed by atoms with Crippen LogP contribution in [-0.4, -0.2) is 34.7 Å². The average molecular weight is 346 g/mol. The summed E-state index contributed by atoms with van der Waals surface area (Å²) in [7, 11) is 0. The first-order valence-electron chi connectivity index (χ1n) is 9.42. The van der Waals surface area contributed by atoms with Crippen molar-refractivity contribution in [3.8, 4) is 6.07 Å². The number of nitrogens with zero attached hydrogens (tertiary/aromatic N) is 4. The Morgan fingerprint density at radius 3 is 2.62 bits per heavy atom. The molecule has 0 radical (unpaired) electrons. The van der Waals surface area contributed by atoms with Crippen molar-refractivity contribution in [2.24, 2.45) is 0 Å². The molecule has 5 nitrogen and oxygen atoms in total. The summed E-state index contributed by atoms with van der Waals surface area (Å²) in [6.45, 7) is 6.00. The monoisotopic (exact) mass is 346 g/mol. The van der Waals surface area contributed by atoms with E-state index in [-0.39, 0.29) is 12.2 Å². The van der Waals surface area contributed by atoms with Crippen LogP contribution in [0.2, 0.25) is 0 Å². The summed E-state index contributed by atoms with van der Waals surface area (Å²) in [6, 6.07) is 10.6. The van der Waals surface area contributed by atoms with Crippen molar-refractivity contribution in [3.05, 3.63) is 41.0 Å². The minimum atomic E-state index is 0.191. The van der Waals surface area contributed by atoms with E-state index in [1.165, 1.54) is 16.9 Å². The fraction of sp³-hybridized carbons (Fsp3) is 0.429. The molecule has 3 heterocycles. The van der Waals surface area contributed by atoms with Crippen LogP contribution in [0.25, 0.3) is 16.7 Å². The fourth-order valence-corrected chi connectivity index (χ4v) is 4.74. The Hall–Kier alpha value is -2.58. The zero-order valence-corrected chi connectivity index (χ0v) is 15.2. The Morgan fingerprint density at radius 2 is 1.85 bits per heavy atom. The van der Waals surface area contributed by atoms with Gasteiger partial charge in [-0.15, -0.1) is 0 Å². The highest BCUT2D eigenvalue weighted by molar-refractivity contribution is 5.86. The summed E-state index contributed by atoms with van der Waals surface area (Å²) in [5, 5.41) is 9.87. The topological polar surface area (TPSA) is 53.6 Å². The van der Waals surface area contributed by atoms with Crippen LogP contribution in [0, 0.1) is 11.3 Å². The second-order valence-electron chi connectivity index (χ2n) is 7.54. The molecule has 2 aromatic heterocycles. The number of fused-ring (bicyclic) bond motifs is 4. The van der Waals surface area contributed by atoms with Crippen LogP contribution in [-0.2, 0) is 17.6 Å². The van der Waals surface area contributed by atoms with Gasteiger partial charge in [-0.25, -0.2) is 4.98 Å². The lowest BCUT2D eigenvalue weighted by Crippen LogP contribution is -2.46. The molecule has 0 saturated carbocycles. The molecule has 1 fully saturated rings. The normalized spacial score (nSPS) is 22.7. The predicted molar refractivity (Wildman–Crippen MR) is 102 cm³/mol. The van der Waals surface area contributed by atoms with Crippen molar-refractivity contribution in [2.45, 2.75) is 45.3 Å². The lowest BCUT2D eigenvalue weighted by molar-refractivity contribution is -0.00554. The summed E-state index contributed by atoms with van der Waals surface area (Å²) >= 11 is 0. The van der Waals surface area contributed by atoms with E-state index in [4.69, 9.17) is 9.72 Å². The van der Waals surface area contributed by atoms with Gasteiger partial charge in [-0.2, -0.15) is 5.26 Å². The number of benzene rings is 1. The highest BCUT2D eigenvalue weighted by Crippen LogP contribution is 2.38. The van der Waals surface area contributed by atoms with Gasteiger partial charge in [-0.05, 0) is 56.4 Å². The van der Waals surface area contributed by atoms with Gasteiger partial charge >= 0.3 is 0 Å². The molecule has 1 saturated heterocycles. The van der Waals surface area contributed by atoms with Crippen LogP contribution in [0.5, 0.6) is 0 Å². The van der Waals surface area contributed by atoms with Crippen molar-refractivity contribution in [1.82, 2.24) is 9.38 Å². The van der Waals surface area contributed by atoms with Gasteiger partial charge in [0.15, 0.2) is 5.65 Å². The number of nitriles is 1. The number of imidazole rings is 1. The Kier molecular flexibility index (Phi) is 3.44. The number of rotatable bonds is 1. The van der Waals surface area contributed by atoms with Crippen LogP contribution in [0.4, 0.5) is 5.82 Å². The second kappa shape index (κ2) is 5.72. The molecule has 26 heavy (non-hydrogen) atoms. The van der Waals surface area contributed by atoms with E-state index in [0.29, 0.717) is 0 Å². The smallest absolute Gasteiger partial charge is 0.157 e. The van der Waals surface area contributed by atoms with Crippen molar-refractivity contribution < 1.29 is 4.74 Å². The molecule has 2 aliphatic rings. The minimum absolute atomic E-state index is 0.191. The Labute approximate surface area is 152 Å². The first kappa shape index (κ1) is 15.7. The standard InChI is InChI=1S/C21H22N4O/c1-13-11-24(12-14(2)26-13)21-16-7-5-6-15(16)17(10-22)20-23-18-8-3-4-9-19(18)25(20)21/h3-4,8-9,13-14H,5-7,11-12H2,1-2H3/t13-,14-/m0/s1. The first-order chi connectivity index (χ1) is 12.7. The van der Waals surface area contributed by atoms with Crippen molar-refractivity contribution >= 4 is 22.5 Å². The molecule has 1 aromatic carbocycles. The maximum absolute atomic E-state index is 9.87. The number of para-hydroxylation sites is 2. The zero-order chi connectivity index (χ0) is 17.8. The van der Waals surface area contributed by atoms with Crippen LogP contribution < -0.4 is 4.90 Å². The van der Waals surface area contributed by atoms with Crippen LogP contribution in [0.3, 0.4) is 0 Å². The summed E-state index contributed by atoms with van der Waals surface area (Å²) in [4.78, 5) is 7.29. The molecule has 0 spiro atoms. The Bertz CT molecular complexity index is 1050. The van der Waals surface area contributed by atoms with Gasteiger partial charge < -0.3 is 9.64 Å². The van der Waals surface area contributed by atoms with E-state index in [0.717, 1.165) is 54.6 Å². The quantitative estimate of drug-likeness (QED) is 0.677. The molecule has 2 atom stereocenters. The number of hydrogen-bond donors (Lipinski definition) is 0. The van der Waals surface area contributed by atoms with Crippen LogP contribution >= 0.6 is 0 Å². The van der Waals surface area contributed by atoms with Gasteiger partial charge in [0.25, 0.3) is 0 Å². The third-order valence-electron chi connectivity index (χ3n) is 5.62. The van der Waals surface area contributed by atoms with Gasteiger partial charge in [0, 0.05) is 13.1 Å². The maximum atomic E-state index is 9.87. The van der Waals surface area contributed by atoms with Crippen molar-refractivity contribution in [2.75, 3.05) is 18.0 Å². The van der Waals surface area contributed by atoms with Gasteiger partial charge in [0.05, 0.1) is 28.8 Å². The number of pyridine rings is 1. The summed E-state index contributed by atoms with van der Waals surface area (Å²) in [5.41, 5.74) is 6.12. The highest BCUT2D eigenvalue weighted by Gasteiger charge is 2.31. The third kappa shape index (κ3) is 2.15. The number of ether oxygens (including phenoxy) is 1. The molecule has 0 N–H and O–H groups in total. The SMILES string of the molecule is C[C@H]1CN(c2c3c(c(C#N)c4nc5ccccc5n24)CCC3)C[C@H](C)O1. The molecule has 132 valence electrons. The summed E-state index contributed by atoms with van der Waals surface area (Å²) < 4.78 is 8.19. The Morgan fingerprint density at radius 1 is 1.12 bits per heavy atom. The van der Waals surface area contributed by atoms with E-state index in [9.17, 15) is 5.26 Å². The zero-order valence-electron chi connectivity index (χ0n) is 15.2. The summed E-state index contributed by atoms with van der Waals surface area (Å²) in [5.74, 6) is 1.22. The lowest BCUT2D eigenvalue weighted by atomic mass is 10.0. The molecule has 0 amide bonds. The molecular weight excluding hydrogens is 324 g/mol. The van der Waals surface area contributed by atoms with Crippen LogP contribution in [0.1, 0.15) is 37.0 Å². The van der Waals surface area contributed by atoms with Gasteiger partial charge in [-0.3, -0.25) is 4.40 Å². The summed E-state index contributed by atoms with van der Waals surface area (Å²) in [6.07, 6.45) is 3.49. The Balaban J connectivity index is 1.88. The van der Waals surface area contributed by atoms with Gasteiger partial charge in [0.1, 0.15) is 11.9 Å². The number of morpholine rings is 1. The van der Waals surface area contributed by atoms with E-state index in [1.807, 2.05) is 18.2 Å². The highest BCUT2D eigenvalue weighted by atomic mass is 16.5. The largest absolute Gasteiger partial charge is 0.372 e. The van der Waals surface area contributed by atoms with Gasteiger partial charge in [0.2, 0.25) is 0 Å². The number of hydrogen-bond acceptors (Lipinski definition) is 4. The molecule has 5 rings (SSSR count). The molecule has 0 bridgehead atoms. The molecule has 1 aliphatic heterocycles. The molecule has 3 aromatic rings. The average Bonchev–Trinajstić information content (AvgIpc) is 3.23. The predicted octanol–water partition coefficient (Wildman–Crippen LogP) is 3.46. The van der Waals surface area contributed by atoms with E-state index >= 15 is 0 Å². The van der Waals surface area contributed by atoms with E-state index < -0.39 is 0 Å². The first-order valence-corrected chi connectivity index (χ1v) is 9.42. The number of anilines is 1. The molecule has 5 heteroatoms. The minimum Gasteiger partial charge on any atom is -0.372 e. The van der Waals surface area contributed by atoms with Gasteiger partial charge in [-0.1, -0.05) is 12.1 Å². The molecule has 1 aliphatic carbocycles. The third-order valence-corrected chi connectivity index (χ3v) is 5.62. The molecular formula is C21H22N4O. The second-order valence-corrected chi connectivity index (χ2v) is 7.54. The molecule has 0 unspecified atom stereocenters. The van der Waals surface area contributed by atoms with E-state index in [1.54, 1.807) is 0 Å². The van der Waals surface area contributed by atoms with Crippen molar-refractivity contribution in [3.63, 3.8) is 0 Å². The lowest BCUT2D eigenvalue weighted by Gasteiger charge is -2.38. The van der Waals surface area contributed by atoms with E-state index in [2.05, 4.69) is 35.3 Å².